The number of aryl methyl sites for hydroxylation is 1. The van der Waals surface area contributed by atoms with Crippen LogP contribution in [0.15, 0.2) is 5.38 Å². The van der Waals surface area contributed by atoms with Crippen LogP contribution in [0.3, 0.4) is 0 Å². The highest BCUT2D eigenvalue weighted by atomic mass is 32.1. The second kappa shape index (κ2) is 5.10. The first-order chi connectivity index (χ1) is 9.98. The maximum atomic E-state index is 12.4. The number of rotatable bonds is 2. The van der Waals surface area contributed by atoms with Gasteiger partial charge in [0.15, 0.2) is 0 Å². The molecule has 112 valence electrons. The molecule has 0 radical (unpaired) electrons. The minimum Gasteiger partial charge on any atom is -0.339 e. The van der Waals surface area contributed by atoms with E-state index in [0.29, 0.717) is 19.4 Å². The molecule has 2 aliphatic heterocycles. The largest absolute Gasteiger partial charge is 0.339 e. The number of carbonyl (C=O) groups excluding carboxylic acids is 3. The SMILES string of the molecule is Cc1nc(CC(=O)N2CCCC3(C2)NC(=O)NC3=O)cs1. The number of aromatic nitrogens is 1. The van der Waals surface area contributed by atoms with Crippen LogP contribution in [-0.2, 0) is 16.0 Å². The van der Waals surface area contributed by atoms with Crippen LogP contribution in [0.2, 0.25) is 0 Å². The molecule has 2 fully saturated rings. The van der Waals surface area contributed by atoms with Crippen LogP contribution in [0.1, 0.15) is 23.5 Å². The van der Waals surface area contributed by atoms with E-state index in [1.807, 2.05) is 12.3 Å². The maximum Gasteiger partial charge on any atom is 0.322 e. The Morgan fingerprint density at radius 2 is 2.33 bits per heavy atom. The van der Waals surface area contributed by atoms with Crippen molar-refractivity contribution in [3.8, 4) is 0 Å². The van der Waals surface area contributed by atoms with Crippen molar-refractivity contribution in [2.45, 2.75) is 31.7 Å². The number of urea groups is 1. The smallest absolute Gasteiger partial charge is 0.322 e. The van der Waals surface area contributed by atoms with Crippen molar-refractivity contribution in [3.05, 3.63) is 16.1 Å². The molecular formula is C13H16N4O3S. The third kappa shape index (κ3) is 2.63. The van der Waals surface area contributed by atoms with Crippen LogP contribution in [0.25, 0.3) is 0 Å². The highest BCUT2D eigenvalue weighted by Crippen LogP contribution is 2.25. The van der Waals surface area contributed by atoms with E-state index in [0.717, 1.165) is 10.7 Å². The number of likely N-dealkylation sites (tertiary alicyclic amines) is 1. The molecule has 1 aromatic heterocycles. The fourth-order valence-corrected chi connectivity index (χ4v) is 3.45. The number of hydrogen-bond acceptors (Lipinski definition) is 5. The molecule has 2 N–H and O–H groups in total. The topological polar surface area (TPSA) is 91.4 Å². The van der Waals surface area contributed by atoms with Crippen LogP contribution < -0.4 is 10.6 Å². The number of carbonyl (C=O) groups is 3. The number of piperidine rings is 1. The summed E-state index contributed by atoms with van der Waals surface area (Å²) < 4.78 is 0. The molecule has 21 heavy (non-hydrogen) atoms. The van der Waals surface area contributed by atoms with Crippen molar-refractivity contribution < 1.29 is 14.4 Å². The summed E-state index contributed by atoms with van der Waals surface area (Å²) in [6.07, 6.45) is 1.48. The van der Waals surface area contributed by atoms with Gasteiger partial charge < -0.3 is 10.2 Å². The van der Waals surface area contributed by atoms with Crippen molar-refractivity contribution >= 4 is 29.2 Å². The van der Waals surface area contributed by atoms with Crippen LogP contribution >= 0.6 is 11.3 Å². The summed E-state index contributed by atoms with van der Waals surface area (Å²) in [4.78, 5) is 41.6. The van der Waals surface area contributed by atoms with Crippen LogP contribution in [0, 0.1) is 6.92 Å². The van der Waals surface area contributed by atoms with Gasteiger partial charge in [0.1, 0.15) is 5.54 Å². The lowest BCUT2D eigenvalue weighted by Gasteiger charge is -2.38. The Hall–Kier alpha value is -1.96. The lowest BCUT2D eigenvalue weighted by Crippen LogP contribution is -2.59. The Bertz CT molecular complexity index is 614. The highest BCUT2D eigenvalue weighted by molar-refractivity contribution is 7.09. The molecule has 2 aliphatic rings. The second-order valence-electron chi connectivity index (χ2n) is 5.44. The Labute approximate surface area is 125 Å². The van der Waals surface area contributed by atoms with Crippen LogP contribution in [0.4, 0.5) is 4.79 Å². The molecule has 1 unspecified atom stereocenters. The van der Waals surface area contributed by atoms with Crippen LogP contribution in [-0.4, -0.2) is 46.4 Å². The quantitative estimate of drug-likeness (QED) is 0.763. The van der Waals surface area contributed by atoms with Gasteiger partial charge in [-0.3, -0.25) is 14.9 Å². The number of nitrogens with one attached hydrogen (secondary N) is 2. The molecule has 1 spiro atoms. The molecule has 0 saturated carbocycles. The average molecular weight is 308 g/mol. The van der Waals surface area contributed by atoms with Crippen molar-refractivity contribution in [3.63, 3.8) is 0 Å². The summed E-state index contributed by atoms with van der Waals surface area (Å²) in [6, 6.07) is -0.482. The zero-order chi connectivity index (χ0) is 15.0. The van der Waals surface area contributed by atoms with E-state index in [-0.39, 0.29) is 24.8 Å². The molecular weight excluding hydrogens is 292 g/mol. The number of hydrogen-bond donors (Lipinski definition) is 2. The predicted octanol–water partition coefficient (Wildman–Crippen LogP) is 0.195. The maximum absolute atomic E-state index is 12.4. The molecule has 3 heterocycles. The number of thiazole rings is 1. The van der Waals surface area contributed by atoms with E-state index in [1.54, 1.807) is 4.90 Å². The third-order valence-corrected chi connectivity index (χ3v) is 4.68. The molecule has 1 aromatic rings. The Morgan fingerprint density at radius 3 is 2.95 bits per heavy atom. The van der Waals surface area contributed by atoms with Crippen molar-refractivity contribution in [1.29, 1.82) is 0 Å². The Morgan fingerprint density at radius 1 is 1.52 bits per heavy atom. The van der Waals surface area contributed by atoms with Gasteiger partial charge in [0, 0.05) is 11.9 Å². The average Bonchev–Trinajstić information content (AvgIpc) is 2.94. The van der Waals surface area contributed by atoms with Gasteiger partial charge >= 0.3 is 6.03 Å². The van der Waals surface area contributed by atoms with Gasteiger partial charge in [-0.2, -0.15) is 0 Å². The number of nitrogens with zero attached hydrogens (tertiary/aromatic N) is 2. The van der Waals surface area contributed by atoms with E-state index in [4.69, 9.17) is 0 Å². The first kappa shape index (κ1) is 14.0. The minimum atomic E-state index is -0.955. The first-order valence-electron chi connectivity index (χ1n) is 6.81. The summed E-state index contributed by atoms with van der Waals surface area (Å²) in [5.41, 5.74) is -0.203. The lowest BCUT2D eigenvalue weighted by molar-refractivity contribution is -0.135. The van der Waals surface area contributed by atoms with Crippen molar-refractivity contribution in [1.82, 2.24) is 20.5 Å². The predicted molar refractivity (Wildman–Crippen MR) is 75.8 cm³/mol. The van der Waals surface area contributed by atoms with Gasteiger partial charge in [-0.05, 0) is 19.8 Å². The lowest BCUT2D eigenvalue weighted by atomic mass is 9.89. The Balaban J connectivity index is 1.70. The van der Waals surface area contributed by atoms with E-state index in [1.165, 1.54) is 11.3 Å². The van der Waals surface area contributed by atoms with Gasteiger partial charge in [0.25, 0.3) is 5.91 Å². The first-order valence-corrected chi connectivity index (χ1v) is 7.69. The van der Waals surface area contributed by atoms with Gasteiger partial charge in [0.2, 0.25) is 5.91 Å². The van der Waals surface area contributed by atoms with Crippen molar-refractivity contribution in [2.24, 2.45) is 0 Å². The van der Waals surface area contributed by atoms with Crippen molar-refractivity contribution in [2.75, 3.05) is 13.1 Å². The normalized spacial score (nSPS) is 25.1. The zero-order valence-electron chi connectivity index (χ0n) is 11.6. The fraction of sp³-hybridized carbons (Fsp3) is 0.538. The number of amides is 4. The molecule has 7 nitrogen and oxygen atoms in total. The molecule has 0 bridgehead atoms. The summed E-state index contributed by atoms with van der Waals surface area (Å²) in [5, 5.41) is 7.72. The molecule has 3 rings (SSSR count). The van der Waals surface area contributed by atoms with Gasteiger partial charge in [-0.1, -0.05) is 0 Å². The minimum absolute atomic E-state index is 0.0617. The molecule has 2 saturated heterocycles. The van der Waals surface area contributed by atoms with Gasteiger partial charge in [-0.25, -0.2) is 9.78 Å². The van der Waals surface area contributed by atoms with Crippen LogP contribution in [0.5, 0.6) is 0 Å². The molecule has 0 aromatic carbocycles. The molecule has 0 aliphatic carbocycles. The third-order valence-electron chi connectivity index (χ3n) is 3.86. The fourth-order valence-electron chi connectivity index (χ4n) is 2.84. The highest BCUT2D eigenvalue weighted by Gasteiger charge is 2.49. The second-order valence-corrected chi connectivity index (χ2v) is 6.51. The van der Waals surface area contributed by atoms with E-state index >= 15 is 0 Å². The molecule has 1 atom stereocenters. The van der Waals surface area contributed by atoms with E-state index in [9.17, 15) is 14.4 Å². The zero-order valence-corrected chi connectivity index (χ0v) is 12.5. The van der Waals surface area contributed by atoms with E-state index in [2.05, 4.69) is 15.6 Å². The van der Waals surface area contributed by atoms with E-state index < -0.39 is 11.6 Å². The Kier molecular flexibility index (Phi) is 3.40. The summed E-state index contributed by atoms with van der Waals surface area (Å²) in [5.74, 6) is -0.400. The van der Waals surface area contributed by atoms with Gasteiger partial charge in [0.05, 0.1) is 23.7 Å². The van der Waals surface area contributed by atoms with Gasteiger partial charge in [-0.15, -0.1) is 11.3 Å². The summed E-state index contributed by atoms with van der Waals surface area (Å²) >= 11 is 1.51. The molecule has 4 amide bonds. The monoisotopic (exact) mass is 308 g/mol. The molecule has 8 heteroatoms. The standard InChI is InChI=1S/C13H16N4O3S/c1-8-14-9(6-21-8)5-10(18)17-4-2-3-13(7-17)11(19)15-12(20)16-13/h6H,2-5,7H2,1H3,(H2,15,16,19,20). The summed E-state index contributed by atoms with van der Waals surface area (Å²) in [7, 11) is 0. The number of imide groups is 1. The summed E-state index contributed by atoms with van der Waals surface area (Å²) in [6.45, 7) is 2.73.